The summed E-state index contributed by atoms with van der Waals surface area (Å²) >= 11 is 0. The van der Waals surface area contributed by atoms with Gasteiger partial charge in [0, 0.05) is 6.04 Å². The summed E-state index contributed by atoms with van der Waals surface area (Å²) in [6.45, 7) is 4.35. The van der Waals surface area contributed by atoms with Gasteiger partial charge < -0.3 is 15.2 Å². The second kappa shape index (κ2) is 6.51. The van der Waals surface area contributed by atoms with E-state index in [4.69, 9.17) is 4.74 Å². The Labute approximate surface area is 97.4 Å². The molecule has 0 amide bonds. The topological polar surface area (TPSA) is 41.5 Å². The summed E-state index contributed by atoms with van der Waals surface area (Å²) < 4.78 is 5.10. The van der Waals surface area contributed by atoms with Crippen LogP contribution in [-0.4, -0.2) is 24.9 Å². The number of nitrogens with one attached hydrogen (secondary N) is 1. The fraction of sp³-hybridized carbons (Fsp3) is 0.538. The van der Waals surface area contributed by atoms with E-state index in [2.05, 4.69) is 19.2 Å². The maximum atomic E-state index is 9.36. The molecule has 0 aliphatic heterocycles. The molecule has 0 bridgehead atoms. The number of methoxy groups -OCH3 is 1. The van der Waals surface area contributed by atoms with Crippen LogP contribution in [0.3, 0.4) is 0 Å². The molecule has 0 fully saturated rings. The maximum Gasteiger partial charge on any atom is 0.118 e. The average molecular weight is 223 g/mol. The van der Waals surface area contributed by atoms with Crippen molar-refractivity contribution in [3.8, 4) is 5.75 Å². The van der Waals surface area contributed by atoms with Crippen molar-refractivity contribution >= 4 is 0 Å². The van der Waals surface area contributed by atoms with Gasteiger partial charge in [0.05, 0.1) is 19.8 Å². The van der Waals surface area contributed by atoms with Gasteiger partial charge in [0.25, 0.3) is 0 Å². The largest absolute Gasteiger partial charge is 0.497 e. The molecule has 1 rings (SSSR count). The van der Waals surface area contributed by atoms with E-state index in [1.165, 1.54) is 0 Å². The highest BCUT2D eigenvalue weighted by molar-refractivity contribution is 5.29. The van der Waals surface area contributed by atoms with Crippen molar-refractivity contribution < 1.29 is 9.84 Å². The summed E-state index contributed by atoms with van der Waals surface area (Å²) in [5.74, 6) is 0.837. The van der Waals surface area contributed by atoms with Gasteiger partial charge in [0.15, 0.2) is 0 Å². The zero-order valence-electron chi connectivity index (χ0n) is 10.2. The van der Waals surface area contributed by atoms with Gasteiger partial charge in [-0.2, -0.15) is 0 Å². The Hall–Kier alpha value is -1.06. The van der Waals surface area contributed by atoms with Crippen molar-refractivity contribution in [2.75, 3.05) is 13.7 Å². The van der Waals surface area contributed by atoms with Crippen LogP contribution in [0.1, 0.15) is 31.9 Å². The SMILES string of the molecule is CCC(C)NC(CO)c1ccc(OC)cc1. The molecular formula is C13H21NO2. The van der Waals surface area contributed by atoms with Crippen LogP contribution in [0.5, 0.6) is 5.75 Å². The van der Waals surface area contributed by atoms with Crippen LogP contribution in [0.2, 0.25) is 0 Å². The Morgan fingerprint density at radius 3 is 2.38 bits per heavy atom. The number of hydrogen-bond acceptors (Lipinski definition) is 3. The van der Waals surface area contributed by atoms with Crippen LogP contribution in [0.4, 0.5) is 0 Å². The number of benzene rings is 1. The highest BCUT2D eigenvalue weighted by atomic mass is 16.5. The Morgan fingerprint density at radius 1 is 1.31 bits per heavy atom. The molecule has 0 saturated carbocycles. The van der Waals surface area contributed by atoms with Crippen molar-refractivity contribution in [1.82, 2.24) is 5.32 Å². The lowest BCUT2D eigenvalue weighted by molar-refractivity contribution is 0.234. The third-order valence-corrected chi connectivity index (χ3v) is 2.80. The van der Waals surface area contributed by atoms with E-state index >= 15 is 0 Å². The van der Waals surface area contributed by atoms with Crippen LogP contribution >= 0.6 is 0 Å². The quantitative estimate of drug-likeness (QED) is 0.776. The van der Waals surface area contributed by atoms with Gasteiger partial charge in [0.2, 0.25) is 0 Å². The maximum absolute atomic E-state index is 9.36. The highest BCUT2D eigenvalue weighted by Gasteiger charge is 2.12. The second-order valence-electron chi connectivity index (χ2n) is 3.98. The Kier molecular flexibility index (Phi) is 5.29. The molecular weight excluding hydrogens is 202 g/mol. The van der Waals surface area contributed by atoms with Gasteiger partial charge in [-0.25, -0.2) is 0 Å². The lowest BCUT2D eigenvalue weighted by atomic mass is 10.1. The summed E-state index contributed by atoms with van der Waals surface area (Å²) in [4.78, 5) is 0. The molecule has 0 aliphatic rings. The molecule has 3 heteroatoms. The van der Waals surface area contributed by atoms with Crippen molar-refractivity contribution in [3.63, 3.8) is 0 Å². The number of aliphatic hydroxyl groups excluding tert-OH is 1. The van der Waals surface area contributed by atoms with Gasteiger partial charge >= 0.3 is 0 Å². The predicted molar refractivity (Wildman–Crippen MR) is 65.7 cm³/mol. The molecule has 1 aromatic carbocycles. The van der Waals surface area contributed by atoms with Gasteiger partial charge in [-0.3, -0.25) is 0 Å². The van der Waals surface area contributed by atoms with Crippen molar-refractivity contribution in [2.45, 2.75) is 32.4 Å². The van der Waals surface area contributed by atoms with Crippen molar-refractivity contribution in [3.05, 3.63) is 29.8 Å². The van der Waals surface area contributed by atoms with Crippen LogP contribution < -0.4 is 10.1 Å². The van der Waals surface area contributed by atoms with E-state index in [0.717, 1.165) is 17.7 Å². The van der Waals surface area contributed by atoms with E-state index in [9.17, 15) is 5.11 Å². The van der Waals surface area contributed by atoms with E-state index in [-0.39, 0.29) is 12.6 Å². The van der Waals surface area contributed by atoms with Gasteiger partial charge in [-0.1, -0.05) is 19.1 Å². The summed E-state index contributed by atoms with van der Waals surface area (Å²) in [5, 5.41) is 12.7. The minimum absolute atomic E-state index is 0.000793. The first kappa shape index (κ1) is 13.0. The Morgan fingerprint density at radius 2 is 1.94 bits per heavy atom. The first-order valence-corrected chi connectivity index (χ1v) is 5.72. The minimum atomic E-state index is 0.000793. The predicted octanol–water partition coefficient (Wildman–Crippen LogP) is 2.12. The summed E-state index contributed by atoms with van der Waals surface area (Å²) in [5.41, 5.74) is 1.09. The smallest absolute Gasteiger partial charge is 0.118 e. The van der Waals surface area contributed by atoms with E-state index < -0.39 is 0 Å². The van der Waals surface area contributed by atoms with E-state index in [1.54, 1.807) is 7.11 Å². The normalized spacial score (nSPS) is 14.5. The van der Waals surface area contributed by atoms with E-state index in [1.807, 2.05) is 24.3 Å². The molecule has 1 aromatic rings. The molecule has 0 radical (unpaired) electrons. The third kappa shape index (κ3) is 3.51. The van der Waals surface area contributed by atoms with Gasteiger partial charge in [0.1, 0.15) is 5.75 Å². The zero-order chi connectivity index (χ0) is 12.0. The lowest BCUT2D eigenvalue weighted by Crippen LogP contribution is -2.32. The number of ether oxygens (including phenoxy) is 1. The number of aliphatic hydroxyl groups is 1. The molecule has 0 heterocycles. The fourth-order valence-electron chi connectivity index (χ4n) is 1.55. The van der Waals surface area contributed by atoms with Crippen LogP contribution in [-0.2, 0) is 0 Å². The monoisotopic (exact) mass is 223 g/mol. The molecule has 16 heavy (non-hydrogen) atoms. The standard InChI is InChI=1S/C13H21NO2/c1-4-10(2)14-13(9-15)11-5-7-12(16-3)8-6-11/h5-8,10,13-15H,4,9H2,1-3H3. The van der Waals surface area contributed by atoms with Crippen LogP contribution in [0.15, 0.2) is 24.3 Å². The molecule has 90 valence electrons. The van der Waals surface area contributed by atoms with Crippen LogP contribution in [0, 0.1) is 0 Å². The first-order chi connectivity index (χ1) is 7.71. The third-order valence-electron chi connectivity index (χ3n) is 2.80. The van der Waals surface area contributed by atoms with Crippen molar-refractivity contribution in [1.29, 1.82) is 0 Å². The fourth-order valence-corrected chi connectivity index (χ4v) is 1.55. The summed E-state index contributed by atoms with van der Waals surface area (Å²) in [6.07, 6.45) is 1.05. The molecule has 0 aliphatic carbocycles. The number of hydrogen-bond donors (Lipinski definition) is 2. The first-order valence-electron chi connectivity index (χ1n) is 5.72. The number of rotatable bonds is 6. The van der Waals surface area contributed by atoms with Crippen molar-refractivity contribution in [2.24, 2.45) is 0 Å². The highest BCUT2D eigenvalue weighted by Crippen LogP contribution is 2.18. The Balaban J connectivity index is 2.70. The van der Waals surface area contributed by atoms with Gasteiger partial charge in [-0.05, 0) is 31.0 Å². The lowest BCUT2D eigenvalue weighted by Gasteiger charge is -2.21. The second-order valence-corrected chi connectivity index (χ2v) is 3.98. The van der Waals surface area contributed by atoms with Crippen LogP contribution in [0.25, 0.3) is 0 Å². The van der Waals surface area contributed by atoms with Gasteiger partial charge in [-0.15, -0.1) is 0 Å². The zero-order valence-corrected chi connectivity index (χ0v) is 10.2. The minimum Gasteiger partial charge on any atom is -0.497 e. The molecule has 0 spiro atoms. The molecule has 2 unspecified atom stereocenters. The summed E-state index contributed by atoms with van der Waals surface area (Å²) in [7, 11) is 1.65. The molecule has 0 aromatic heterocycles. The molecule has 3 nitrogen and oxygen atoms in total. The molecule has 2 N–H and O–H groups in total. The summed E-state index contributed by atoms with van der Waals surface area (Å²) in [6, 6.07) is 8.19. The average Bonchev–Trinajstić information content (AvgIpc) is 2.35. The van der Waals surface area contributed by atoms with E-state index in [0.29, 0.717) is 6.04 Å². The Bertz CT molecular complexity index is 297. The molecule has 0 saturated heterocycles. The molecule has 2 atom stereocenters.